The summed E-state index contributed by atoms with van der Waals surface area (Å²) in [5, 5.41) is 30.2. The van der Waals surface area contributed by atoms with Crippen LogP contribution < -0.4 is 20.9 Å². The first-order chi connectivity index (χ1) is 30.4. The number of rotatable bonds is 15. The van der Waals surface area contributed by atoms with Crippen LogP contribution in [0.4, 0.5) is 21.9 Å². The predicted molar refractivity (Wildman–Crippen MR) is 246 cm³/mol. The third-order valence-electron chi connectivity index (χ3n) is 11.8. The van der Waals surface area contributed by atoms with Gasteiger partial charge >= 0.3 is 6.09 Å². The number of aryl methyl sites for hydroxylation is 2. The van der Waals surface area contributed by atoms with E-state index >= 15 is 0 Å². The molecular formula is C50H54N6O7. The molecule has 2 atom stereocenters. The van der Waals surface area contributed by atoms with Gasteiger partial charge in [-0.3, -0.25) is 19.7 Å². The summed E-state index contributed by atoms with van der Waals surface area (Å²) < 4.78 is 5.79. The first-order valence-corrected chi connectivity index (χ1v) is 21.4. The van der Waals surface area contributed by atoms with E-state index in [9.17, 15) is 29.4 Å². The number of hydrogen-bond acceptors (Lipinski definition) is 9. The first kappa shape index (κ1) is 44.4. The van der Waals surface area contributed by atoms with Gasteiger partial charge in [-0.15, -0.1) is 0 Å². The Balaban J connectivity index is 0.839. The number of aliphatic hydroxyl groups excluding tert-OH is 2. The molecule has 13 heteroatoms. The van der Waals surface area contributed by atoms with Gasteiger partial charge in [0.2, 0.25) is 5.91 Å². The number of aliphatic hydroxyl groups is 2. The zero-order valence-corrected chi connectivity index (χ0v) is 35.8. The molecule has 0 radical (unpaired) electrons. The van der Waals surface area contributed by atoms with Crippen molar-refractivity contribution in [1.82, 2.24) is 10.2 Å². The molecule has 1 aliphatic carbocycles. The number of likely N-dealkylation sites (tertiary alicyclic amines) is 1. The van der Waals surface area contributed by atoms with Gasteiger partial charge in [0.25, 0.3) is 11.8 Å². The van der Waals surface area contributed by atoms with E-state index in [2.05, 4.69) is 25.8 Å². The fraction of sp³-hybridized carbons (Fsp3) is 0.300. The monoisotopic (exact) mass is 850 g/mol. The third-order valence-corrected chi connectivity index (χ3v) is 11.8. The third kappa shape index (κ3) is 11.2. The predicted octanol–water partition coefficient (Wildman–Crippen LogP) is 7.32. The molecule has 0 aromatic heterocycles. The molecule has 4 aromatic carbocycles. The number of benzene rings is 4. The fourth-order valence-corrected chi connectivity index (χ4v) is 8.14. The second-order valence-electron chi connectivity index (χ2n) is 16.2. The maximum atomic E-state index is 13.5. The van der Waals surface area contributed by atoms with E-state index in [1.807, 2.05) is 92.7 Å². The van der Waals surface area contributed by atoms with Crippen LogP contribution in [-0.2, 0) is 20.7 Å². The second-order valence-corrected chi connectivity index (χ2v) is 16.2. The van der Waals surface area contributed by atoms with Crippen molar-refractivity contribution in [1.29, 1.82) is 0 Å². The number of aliphatic imine (C=N–C) groups is 1. The number of ether oxygens (including phenoxy) is 1. The zero-order valence-electron chi connectivity index (χ0n) is 35.8. The van der Waals surface area contributed by atoms with Crippen LogP contribution >= 0.6 is 0 Å². The summed E-state index contributed by atoms with van der Waals surface area (Å²) >= 11 is 0. The van der Waals surface area contributed by atoms with E-state index in [1.54, 1.807) is 36.2 Å². The number of allylic oxidation sites excluding steroid dienone is 4. The average molecular weight is 851 g/mol. The summed E-state index contributed by atoms with van der Waals surface area (Å²) in [4.78, 5) is 59.2. The Morgan fingerprint density at radius 1 is 0.905 bits per heavy atom. The minimum absolute atomic E-state index is 0.0629. The highest BCUT2D eigenvalue weighted by molar-refractivity contribution is 6.13. The standard InChI is InChI=1S/C50H54N6O7/c1-32-13-15-36(49(61)52-41-18-14-34(29-33(41)2)21-25-51-31-45(58)39-16-19-44(57)48-40(39)17-20-46(59)54-48)30-43(32)55(3)47(60)24-28-56-26-22-37(23-27-56)63-50(62)53-42-12-8-7-11-38(42)35-9-5-4-6-10-35/h4-20,29-30,37,40,45,51,57-58H,21-28,31H2,1-3H3,(H,52,61)(H,53,62)/t40?,45-/m0/s1. The van der Waals surface area contributed by atoms with Gasteiger partial charge in [0.1, 0.15) is 11.9 Å². The van der Waals surface area contributed by atoms with Crippen LogP contribution in [0.1, 0.15) is 46.3 Å². The van der Waals surface area contributed by atoms with E-state index in [4.69, 9.17) is 4.74 Å². The quantitative estimate of drug-likeness (QED) is 0.0769. The molecule has 0 spiro atoms. The number of nitrogens with zero attached hydrogens (tertiary/aromatic N) is 3. The van der Waals surface area contributed by atoms with Gasteiger partial charge in [0.15, 0.2) is 0 Å². The Hall–Kier alpha value is -6.67. The lowest BCUT2D eigenvalue weighted by Gasteiger charge is -2.32. The molecule has 7 rings (SSSR count). The van der Waals surface area contributed by atoms with Gasteiger partial charge in [0.05, 0.1) is 17.5 Å². The molecule has 326 valence electrons. The Kier molecular flexibility index (Phi) is 14.4. The van der Waals surface area contributed by atoms with Gasteiger partial charge in [-0.1, -0.05) is 78.9 Å². The number of para-hydroxylation sites is 1. The van der Waals surface area contributed by atoms with Gasteiger partial charge in [-0.25, -0.2) is 9.79 Å². The summed E-state index contributed by atoms with van der Waals surface area (Å²) in [6.07, 6.45) is 6.91. The first-order valence-electron chi connectivity index (χ1n) is 21.4. The highest BCUT2D eigenvalue weighted by atomic mass is 16.6. The minimum Gasteiger partial charge on any atom is -0.506 e. The molecule has 63 heavy (non-hydrogen) atoms. The number of carbonyl (C=O) groups excluding carboxylic acids is 4. The van der Waals surface area contributed by atoms with E-state index in [-0.39, 0.29) is 35.9 Å². The molecule has 1 saturated heterocycles. The number of amides is 4. The molecule has 5 N–H and O–H groups in total. The number of hydrogen-bond donors (Lipinski definition) is 5. The normalized spacial score (nSPS) is 16.9. The lowest BCUT2D eigenvalue weighted by Crippen LogP contribution is -2.40. The van der Waals surface area contributed by atoms with Crippen LogP contribution in [0.25, 0.3) is 11.1 Å². The average Bonchev–Trinajstić information content (AvgIpc) is 3.29. The van der Waals surface area contributed by atoms with E-state index in [1.165, 1.54) is 12.2 Å². The molecule has 2 heterocycles. The molecule has 0 bridgehead atoms. The molecule has 4 aromatic rings. The lowest BCUT2D eigenvalue weighted by molar-refractivity contribution is -0.118. The van der Waals surface area contributed by atoms with E-state index < -0.39 is 24.0 Å². The molecule has 0 saturated carbocycles. The van der Waals surface area contributed by atoms with E-state index in [0.29, 0.717) is 80.1 Å². The molecule has 13 nitrogen and oxygen atoms in total. The number of nitrogens with one attached hydrogen (secondary N) is 3. The number of fused-ring (bicyclic) bond motifs is 1. The second kappa shape index (κ2) is 20.5. The minimum atomic E-state index is -0.837. The maximum absolute atomic E-state index is 13.5. The lowest BCUT2D eigenvalue weighted by atomic mass is 9.84. The Bertz CT molecular complexity index is 2470. The highest BCUT2D eigenvalue weighted by Gasteiger charge is 2.31. The van der Waals surface area contributed by atoms with Crippen molar-refractivity contribution in [3.8, 4) is 11.1 Å². The Labute approximate surface area is 367 Å². The van der Waals surface area contributed by atoms with Crippen molar-refractivity contribution in [3.63, 3.8) is 0 Å². The number of carbonyl (C=O) groups is 4. The van der Waals surface area contributed by atoms with Gasteiger partial charge in [0, 0.05) is 74.1 Å². The molecule has 2 aliphatic heterocycles. The van der Waals surface area contributed by atoms with Gasteiger partial charge < -0.3 is 35.4 Å². The Morgan fingerprint density at radius 3 is 2.44 bits per heavy atom. The largest absolute Gasteiger partial charge is 0.506 e. The van der Waals surface area contributed by atoms with Crippen LogP contribution in [0, 0.1) is 19.8 Å². The highest BCUT2D eigenvalue weighted by Crippen LogP contribution is 2.30. The van der Waals surface area contributed by atoms with Crippen molar-refractivity contribution in [3.05, 3.63) is 149 Å². The smallest absolute Gasteiger partial charge is 0.411 e. The summed E-state index contributed by atoms with van der Waals surface area (Å²) in [5.74, 6) is -1.31. The number of dihydropyridines is 1. The SMILES string of the molecule is Cc1cc(CCNC[C@H](O)C2=CC=C(O)C3=NC(=O)C=CC23)ccc1NC(=O)c1ccc(C)c(N(C)C(=O)CCN2CCC(OC(=O)Nc3ccccc3-c3ccccc3)CC2)c1. The topological polar surface area (TPSA) is 173 Å². The summed E-state index contributed by atoms with van der Waals surface area (Å²) in [6.45, 7) is 6.70. The van der Waals surface area contributed by atoms with Crippen LogP contribution in [-0.4, -0.2) is 96.6 Å². The van der Waals surface area contributed by atoms with Crippen LogP contribution in [0.3, 0.4) is 0 Å². The maximum Gasteiger partial charge on any atom is 0.411 e. The van der Waals surface area contributed by atoms with Crippen molar-refractivity contribution in [2.45, 2.75) is 51.7 Å². The number of anilines is 3. The van der Waals surface area contributed by atoms with Crippen LogP contribution in [0.15, 0.2) is 132 Å². The van der Waals surface area contributed by atoms with Gasteiger partial charge in [-0.05, 0) is 97.8 Å². The van der Waals surface area contributed by atoms with Crippen molar-refractivity contribution in [2.75, 3.05) is 55.3 Å². The summed E-state index contributed by atoms with van der Waals surface area (Å²) in [5.41, 5.74) is 8.13. The van der Waals surface area contributed by atoms with Crippen LogP contribution in [0.5, 0.6) is 0 Å². The van der Waals surface area contributed by atoms with E-state index in [0.717, 1.165) is 27.8 Å². The van der Waals surface area contributed by atoms with Crippen molar-refractivity contribution >= 4 is 46.6 Å². The van der Waals surface area contributed by atoms with Gasteiger partial charge in [-0.2, -0.15) is 0 Å². The zero-order chi connectivity index (χ0) is 44.5. The summed E-state index contributed by atoms with van der Waals surface area (Å²) in [7, 11) is 1.73. The van der Waals surface area contributed by atoms with Crippen LogP contribution in [0.2, 0.25) is 0 Å². The summed E-state index contributed by atoms with van der Waals surface area (Å²) in [6, 6.07) is 28.7. The molecule has 1 unspecified atom stereocenters. The Morgan fingerprint density at radius 2 is 1.67 bits per heavy atom. The van der Waals surface area contributed by atoms with Crippen molar-refractivity contribution in [2.24, 2.45) is 10.9 Å². The molecule has 4 amide bonds. The fourth-order valence-electron chi connectivity index (χ4n) is 8.14. The van der Waals surface area contributed by atoms with Crippen molar-refractivity contribution < 1.29 is 34.1 Å². The molecule has 1 fully saturated rings. The molecular weight excluding hydrogens is 797 g/mol. The number of piperidine rings is 1. The molecule has 3 aliphatic rings.